The van der Waals surface area contributed by atoms with Crippen LogP contribution in [0, 0.1) is 17.8 Å². The summed E-state index contributed by atoms with van der Waals surface area (Å²) in [7, 11) is 0. The Kier molecular flexibility index (Phi) is 4.83. The molecule has 1 saturated carbocycles. The quantitative estimate of drug-likeness (QED) is 0.832. The Balaban J connectivity index is 1.81. The third-order valence-electron chi connectivity index (χ3n) is 4.80. The van der Waals surface area contributed by atoms with Gasteiger partial charge in [-0.3, -0.25) is 9.59 Å². The molecule has 0 bridgehead atoms. The van der Waals surface area contributed by atoms with Gasteiger partial charge >= 0.3 is 5.97 Å². The van der Waals surface area contributed by atoms with E-state index in [1.54, 1.807) is 0 Å². The summed E-state index contributed by atoms with van der Waals surface area (Å²) in [6.07, 6.45) is 6.69. The van der Waals surface area contributed by atoms with Crippen LogP contribution in [0.2, 0.25) is 0 Å². The molecule has 19 heavy (non-hydrogen) atoms. The lowest BCUT2D eigenvalue weighted by Gasteiger charge is -2.37. The Labute approximate surface area is 115 Å². The molecule has 1 heterocycles. The second-order valence-electron chi connectivity index (χ2n) is 6.32. The molecule has 1 aliphatic carbocycles. The van der Waals surface area contributed by atoms with Gasteiger partial charge in [0.25, 0.3) is 0 Å². The van der Waals surface area contributed by atoms with Crippen LogP contribution in [-0.2, 0) is 9.59 Å². The monoisotopic (exact) mass is 267 g/mol. The Morgan fingerprint density at radius 2 is 2.00 bits per heavy atom. The molecule has 4 heteroatoms. The van der Waals surface area contributed by atoms with E-state index in [1.165, 1.54) is 19.3 Å². The van der Waals surface area contributed by atoms with Crippen molar-refractivity contribution in [1.29, 1.82) is 0 Å². The van der Waals surface area contributed by atoms with Crippen LogP contribution in [0.25, 0.3) is 0 Å². The molecule has 2 unspecified atom stereocenters. The van der Waals surface area contributed by atoms with Gasteiger partial charge in [-0.15, -0.1) is 0 Å². The normalized spacial score (nSPS) is 25.7. The first-order valence-corrected chi connectivity index (χ1v) is 7.56. The van der Waals surface area contributed by atoms with Gasteiger partial charge in [0.1, 0.15) is 0 Å². The van der Waals surface area contributed by atoms with Crippen LogP contribution in [0.3, 0.4) is 0 Å². The van der Waals surface area contributed by atoms with E-state index in [-0.39, 0.29) is 18.2 Å². The molecule has 2 fully saturated rings. The second-order valence-corrected chi connectivity index (χ2v) is 6.32. The van der Waals surface area contributed by atoms with Crippen molar-refractivity contribution in [3.8, 4) is 0 Å². The largest absolute Gasteiger partial charge is 0.481 e. The zero-order valence-electron chi connectivity index (χ0n) is 11.8. The van der Waals surface area contributed by atoms with E-state index < -0.39 is 5.97 Å². The van der Waals surface area contributed by atoms with Gasteiger partial charge in [-0.25, -0.2) is 0 Å². The molecule has 4 nitrogen and oxygen atoms in total. The summed E-state index contributed by atoms with van der Waals surface area (Å²) < 4.78 is 0. The van der Waals surface area contributed by atoms with Crippen molar-refractivity contribution < 1.29 is 14.7 Å². The van der Waals surface area contributed by atoms with Gasteiger partial charge in [0.15, 0.2) is 0 Å². The molecule has 1 N–H and O–H groups in total. The van der Waals surface area contributed by atoms with Crippen molar-refractivity contribution in [2.45, 2.75) is 51.9 Å². The van der Waals surface area contributed by atoms with E-state index in [0.29, 0.717) is 18.3 Å². The molecule has 2 rings (SSSR count). The van der Waals surface area contributed by atoms with Crippen LogP contribution in [0.4, 0.5) is 0 Å². The van der Waals surface area contributed by atoms with E-state index in [9.17, 15) is 9.59 Å². The number of likely N-dealkylation sites (tertiary alicyclic amines) is 1. The van der Waals surface area contributed by atoms with E-state index in [4.69, 9.17) is 5.11 Å². The Bertz CT molecular complexity index is 338. The molecular formula is C15H25NO3. The van der Waals surface area contributed by atoms with Crippen LogP contribution in [0.15, 0.2) is 0 Å². The Hall–Kier alpha value is -1.06. The zero-order valence-corrected chi connectivity index (χ0v) is 11.8. The number of piperidine rings is 1. The fourth-order valence-electron chi connectivity index (χ4n) is 3.22. The SMILES string of the molecule is CC(CC(=O)O)C1CCCN(C(=O)CC2CCC2)C1. The maximum Gasteiger partial charge on any atom is 0.303 e. The maximum absolute atomic E-state index is 12.2. The summed E-state index contributed by atoms with van der Waals surface area (Å²) in [4.78, 5) is 25.0. The first kappa shape index (κ1) is 14.4. The molecule has 0 radical (unpaired) electrons. The average molecular weight is 267 g/mol. The lowest BCUT2D eigenvalue weighted by Crippen LogP contribution is -2.42. The molecule has 2 aliphatic rings. The Morgan fingerprint density at radius 3 is 2.58 bits per heavy atom. The predicted octanol–water partition coefficient (Wildman–Crippen LogP) is 2.53. The van der Waals surface area contributed by atoms with Gasteiger partial charge in [0, 0.05) is 25.9 Å². The second kappa shape index (κ2) is 6.40. The van der Waals surface area contributed by atoms with Crippen LogP contribution in [0.1, 0.15) is 51.9 Å². The molecule has 0 aromatic carbocycles. The van der Waals surface area contributed by atoms with Crippen molar-refractivity contribution in [1.82, 2.24) is 4.90 Å². The number of carboxylic acids is 1. The summed E-state index contributed by atoms with van der Waals surface area (Å²) in [6, 6.07) is 0. The summed E-state index contributed by atoms with van der Waals surface area (Å²) in [6.45, 7) is 3.63. The lowest BCUT2D eigenvalue weighted by atomic mass is 9.81. The molecular weight excluding hydrogens is 242 g/mol. The minimum Gasteiger partial charge on any atom is -0.481 e. The third kappa shape index (κ3) is 3.95. The summed E-state index contributed by atoms with van der Waals surface area (Å²) >= 11 is 0. The number of hydrogen-bond donors (Lipinski definition) is 1. The van der Waals surface area contributed by atoms with Crippen LogP contribution >= 0.6 is 0 Å². The van der Waals surface area contributed by atoms with E-state index >= 15 is 0 Å². The van der Waals surface area contributed by atoms with Gasteiger partial charge in [0.2, 0.25) is 5.91 Å². The van der Waals surface area contributed by atoms with Crippen LogP contribution in [-0.4, -0.2) is 35.0 Å². The highest BCUT2D eigenvalue weighted by Crippen LogP contribution is 2.31. The molecule has 108 valence electrons. The smallest absolute Gasteiger partial charge is 0.303 e. The van der Waals surface area contributed by atoms with Crippen molar-refractivity contribution in [3.05, 3.63) is 0 Å². The first-order chi connectivity index (χ1) is 9.06. The van der Waals surface area contributed by atoms with Crippen LogP contribution < -0.4 is 0 Å². The fraction of sp³-hybridized carbons (Fsp3) is 0.867. The predicted molar refractivity (Wildman–Crippen MR) is 72.7 cm³/mol. The fourth-order valence-corrected chi connectivity index (χ4v) is 3.22. The van der Waals surface area contributed by atoms with Crippen molar-refractivity contribution in [2.24, 2.45) is 17.8 Å². The molecule has 0 aromatic heterocycles. The Morgan fingerprint density at radius 1 is 1.26 bits per heavy atom. The number of hydrogen-bond acceptors (Lipinski definition) is 2. The average Bonchev–Trinajstić information content (AvgIpc) is 2.33. The highest BCUT2D eigenvalue weighted by Gasteiger charge is 2.30. The number of aliphatic carboxylic acids is 1. The number of nitrogens with zero attached hydrogens (tertiary/aromatic N) is 1. The molecule has 0 spiro atoms. The number of carboxylic acid groups (broad SMARTS) is 1. The molecule has 1 saturated heterocycles. The standard InChI is InChI=1S/C15H25NO3/c1-11(8-15(18)19)13-6-3-7-16(10-13)14(17)9-12-4-2-5-12/h11-13H,2-10H2,1H3,(H,18,19). The molecule has 1 aliphatic heterocycles. The number of carbonyl (C=O) groups is 2. The van der Waals surface area contributed by atoms with E-state index in [0.717, 1.165) is 25.9 Å². The van der Waals surface area contributed by atoms with Crippen molar-refractivity contribution in [2.75, 3.05) is 13.1 Å². The zero-order chi connectivity index (χ0) is 13.8. The van der Waals surface area contributed by atoms with Gasteiger partial charge in [-0.1, -0.05) is 13.3 Å². The van der Waals surface area contributed by atoms with Crippen molar-refractivity contribution >= 4 is 11.9 Å². The highest BCUT2D eigenvalue weighted by atomic mass is 16.4. The molecule has 0 aromatic rings. The van der Waals surface area contributed by atoms with Gasteiger partial charge in [-0.05, 0) is 43.4 Å². The minimum absolute atomic E-state index is 0.164. The summed E-state index contributed by atoms with van der Waals surface area (Å²) in [5, 5.41) is 8.87. The number of carbonyl (C=O) groups excluding carboxylic acids is 1. The van der Waals surface area contributed by atoms with E-state index in [2.05, 4.69) is 0 Å². The maximum atomic E-state index is 12.2. The summed E-state index contributed by atoms with van der Waals surface area (Å²) in [5.41, 5.74) is 0. The number of rotatable bonds is 5. The molecule has 1 amide bonds. The van der Waals surface area contributed by atoms with Gasteiger partial charge < -0.3 is 10.0 Å². The topological polar surface area (TPSA) is 57.6 Å². The van der Waals surface area contributed by atoms with Crippen LogP contribution in [0.5, 0.6) is 0 Å². The summed E-state index contributed by atoms with van der Waals surface area (Å²) in [5.74, 6) is 0.693. The van der Waals surface area contributed by atoms with E-state index in [1.807, 2.05) is 11.8 Å². The van der Waals surface area contributed by atoms with Gasteiger partial charge in [0.05, 0.1) is 0 Å². The van der Waals surface area contributed by atoms with Crippen molar-refractivity contribution in [3.63, 3.8) is 0 Å². The highest BCUT2D eigenvalue weighted by molar-refractivity contribution is 5.76. The first-order valence-electron chi connectivity index (χ1n) is 7.56. The third-order valence-corrected chi connectivity index (χ3v) is 4.80. The van der Waals surface area contributed by atoms with Gasteiger partial charge in [-0.2, -0.15) is 0 Å². The lowest BCUT2D eigenvalue weighted by molar-refractivity contribution is -0.138. The molecule has 2 atom stereocenters. The minimum atomic E-state index is -0.731. The number of amides is 1.